The second-order valence-corrected chi connectivity index (χ2v) is 5.22. The molecular weight excluding hydrogens is 251 g/mol. The summed E-state index contributed by atoms with van der Waals surface area (Å²) in [6, 6.07) is 15.2. The van der Waals surface area contributed by atoms with Crippen LogP contribution in [0, 0.1) is 5.82 Å². The number of rotatable bonds is 1. The van der Waals surface area contributed by atoms with E-state index in [1.165, 1.54) is 17.0 Å². The minimum Gasteiger partial charge on any atom is -0.357 e. The topological polar surface area (TPSA) is 27.8 Å². The normalized spacial score (nSPS) is 18.1. The predicted octanol–water partition coefficient (Wildman–Crippen LogP) is 3.54. The lowest BCUT2D eigenvalue weighted by Gasteiger charge is -2.25. The summed E-state index contributed by atoms with van der Waals surface area (Å²) in [5.74, 6) is -0.156. The molecule has 0 unspecified atom stereocenters. The van der Waals surface area contributed by atoms with Gasteiger partial charge in [-0.05, 0) is 24.1 Å². The van der Waals surface area contributed by atoms with Crippen molar-refractivity contribution in [1.82, 2.24) is 10.3 Å². The number of H-pyrrole nitrogens is 1. The van der Waals surface area contributed by atoms with E-state index < -0.39 is 0 Å². The van der Waals surface area contributed by atoms with E-state index in [1.54, 1.807) is 6.07 Å². The fourth-order valence-corrected chi connectivity index (χ4v) is 3.15. The maximum Gasteiger partial charge on any atom is 0.128 e. The number of halogens is 1. The number of para-hydroxylation sites is 1. The van der Waals surface area contributed by atoms with Gasteiger partial charge in [-0.25, -0.2) is 4.39 Å². The highest BCUT2D eigenvalue weighted by molar-refractivity contribution is 5.85. The second-order valence-electron chi connectivity index (χ2n) is 5.22. The van der Waals surface area contributed by atoms with E-state index in [-0.39, 0.29) is 11.9 Å². The highest BCUT2D eigenvalue weighted by Crippen LogP contribution is 2.34. The molecule has 0 bridgehead atoms. The third kappa shape index (κ3) is 1.67. The van der Waals surface area contributed by atoms with Crippen molar-refractivity contribution in [2.24, 2.45) is 0 Å². The van der Waals surface area contributed by atoms with Gasteiger partial charge < -0.3 is 10.3 Å². The van der Waals surface area contributed by atoms with E-state index in [1.807, 2.05) is 18.2 Å². The summed E-state index contributed by atoms with van der Waals surface area (Å²) in [6.07, 6.45) is 0.976. The molecule has 1 atom stereocenters. The summed E-state index contributed by atoms with van der Waals surface area (Å²) in [4.78, 5) is 3.46. The highest BCUT2D eigenvalue weighted by atomic mass is 19.1. The molecule has 2 heterocycles. The lowest BCUT2D eigenvalue weighted by atomic mass is 9.94. The predicted molar refractivity (Wildman–Crippen MR) is 78.2 cm³/mol. The molecule has 2 nitrogen and oxygen atoms in total. The van der Waals surface area contributed by atoms with Crippen LogP contribution in [0.25, 0.3) is 10.9 Å². The van der Waals surface area contributed by atoms with Gasteiger partial charge in [0, 0.05) is 28.7 Å². The van der Waals surface area contributed by atoms with Crippen LogP contribution in [0.4, 0.5) is 4.39 Å². The zero-order valence-corrected chi connectivity index (χ0v) is 11.0. The molecule has 0 fully saturated rings. The summed E-state index contributed by atoms with van der Waals surface area (Å²) >= 11 is 0. The summed E-state index contributed by atoms with van der Waals surface area (Å²) in [6.45, 7) is 0.869. The maximum absolute atomic E-state index is 14.1. The van der Waals surface area contributed by atoms with Crippen molar-refractivity contribution in [1.29, 1.82) is 0 Å². The first-order valence-electron chi connectivity index (χ1n) is 6.92. The van der Waals surface area contributed by atoms with Gasteiger partial charge in [0.1, 0.15) is 5.82 Å². The Morgan fingerprint density at radius 2 is 1.80 bits per heavy atom. The zero-order chi connectivity index (χ0) is 13.5. The first-order chi connectivity index (χ1) is 9.84. The molecule has 4 rings (SSSR count). The molecule has 0 radical (unpaired) electrons. The van der Waals surface area contributed by atoms with Crippen molar-refractivity contribution in [2.45, 2.75) is 12.5 Å². The lowest BCUT2D eigenvalue weighted by molar-refractivity contribution is 0.523. The van der Waals surface area contributed by atoms with Gasteiger partial charge in [0.2, 0.25) is 0 Å². The largest absolute Gasteiger partial charge is 0.357 e. The number of fused-ring (bicyclic) bond motifs is 3. The number of aromatic nitrogens is 1. The standard InChI is InChI=1S/C17H15FN2/c18-14-7-3-1-6-13(14)16-17-12(9-10-19-16)11-5-2-4-8-15(11)20-17/h1-8,16,19-20H,9-10H2/t16-/m1/s1. The first kappa shape index (κ1) is 11.7. The lowest BCUT2D eigenvalue weighted by Crippen LogP contribution is -2.31. The minimum atomic E-state index is -0.156. The Kier molecular flexibility index (Phi) is 2.60. The fraction of sp³-hybridized carbons (Fsp3) is 0.176. The quantitative estimate of drug-likeness (QED) is 0.692. The van der Waals surface area contributed by atoms with E-state index in [0.29, 0.717) is 5.56 Å². The molecule has 1 aliphatic rings. The number of hydrogen-bond acceptors (Lipinski definition) is 1. The van der Waals surface area contributed by atoms with Crippen molar-refractivity contribution in [3.63, 3.8) is 0 Å². The molecular formula is C17H15FN2. The van der Waals surface area contributed by atoms with Crippen LogP contribution in [0.15, 0.2) is 48.5 Å². The zero-order valence-electron chi connectivity index (χ0n) is 11.0. The maximum atomic E-state index is 14.1. The fourth-order valence-electron chi connectivity index (χ4n) is 3.15. The van der Waals surface area contributed by atoms with Gasteiger partial charge in [-0.2, -0.15) is 0 Å². The Labute approximate surface area is 116 Å². The Balaban J connectivity index is 1.92. The van der Waals surface area contributed by atoms with Crippen molar-refractivity contribution in [3.05, 3.63) is 71.2 Å². The summed E-state index contributed by atoms with van der Waals surface area (Å²) in [5, 5.41) is 4.68. The van der Waals surface area contributed by atoms with E-state index in [2.05, 4.69) is 28.5 Å². The van der Waals surface area contributed by atoms with Gasteiger partial charge in [-0.1, -0.05) is 36.4 Å². The van der Waals surface area contributed by atoms with Crippen LogP contribution < -0.4 is 5.32 Å². The average molecular weight is 266 g/mol. The van der Waals surface area contributed by atoms with E-state index in [9.17, 15) is 4.39 Å². The second kappa shape index (κ2) is 4.46. The van der Waals surface area contributed by atoms with E-state index >= 15 is 0 Å². The van der Waals surface area contributed by atoms with Gasteiger partial charge in [0.15, 0.2) is 0 Å². The number of hydrogen-bond donors (Lipinski definition) is 2. The van der Waals surface area contributed by atoms with Gasteiger partial charge >= 0.3 is 0 Å². The molecule has 2 aromatic carbocycles. The Morgan fingerprint density at radius 3 is 2.70 bits per heavy atom. The molecule has 0 saturated carbocycles. The van der Waals surface area contributed by atoms with E-state index in [4.69, 9.17) is 0 Å². The average Bonchev–Trinajstić information content (AvgIpc) is 2.86. The first-order valence-corrected chi connectivity index (χ1v) is 6.92. The summed E-state index contributed by atoms with van der Waals surface area (Å²) in [7, 11) is 0. The van der Waals surface area contributed by atoms with Crippen LogP contribution in [-0.4, -0.2) is 11.5 Å². The van der Waals surface area contributed by atoms with Crippen molar-refractivity contribution in [3.8, 4) is 0 Å². The highest BCUT2D eigenvalue weighted by Gasteiger charge is 2.26. The van der Waals surface area contributed by atoms with Crippen LogP contribution in [-0.2, 0) is 6.42 Å². The van der Waals surface area contributed by atoms with Gasteiger partial charge in [-0.3, -0.25) is 0 Å². The molecule has 0 aliphatic carbocycles. The van der Waals surface area contributed by atoms with Crippen LogP contribution in [0.1, 0.15) is 22.9 Å². The molecule has 100 valence electrons. The molecule has 3 heteroatoms. The Hall–Kier alpha value is -2.13. The van der Waals surface area contributed by atoms with Gasteiger partial charge in [0.25, 0.3) is 0 Å². The third-order valence-electron chi connectivity index (χ3n) is 4.08. The number of benzene rings is 2. The van der Waals surface area contributed by atoms with Crippen molar-refractivity contribution < 1.29 is 4.39 Å². The van der Waals surface area contributed by atoms with Crippen LogP contribution >= 0.6 is 0 Å². The summed E-state index contributed by atoms with van der Waals surface area (Å²) < 4.78 is 14.1. The van der Waals surface area contributed by atoms with Crippen molar-refractivity contribution >= 4 is 10.9 Å². The van der Waals surface area contributed by atoms with Gasteiger partial charge in [-0.15, -0.1) is 0 Å². The SMILES string of the molecule is Fc1ccccc1[C@H]1NCCc2c1[nH]c1ccccc21. The number of aromatic amines is 1. The number of nitrogens with one attached hydrogen (secondary N) is 2. The molecule has 2 N–H and O–H groups in total. The van der Waals surface area contributed by atoms with Crippen LogP contribution in [0.5, 0.6) is 0 Å². The molecule has 0 amide bonds. The molecule has 3 aromatic rings. The van der Waals surface area contributed by atoms with E-state index in [0.717, 1.165) is 24.2 Å². The smallest absolute Gasteiger partial charge is 0.128 e. The molecule has 1 aromatic heterocycles. The summed E-state index contributed by atoms with van der Waals surface area (Å²) in [5.41, 5.74) is 4.25. The minimum absolute atomic E-state index is 0.0904. The Bertz CT molecular complexity index is 776. The Morgan fingerprint density at radius 1 is 1.00 bits per heavy atom. The molecule has 1 aliphatic heterocycles. The monoisotopic (exact) mass is 266 g/mol. The molecule has 0 spiro atoms. The van der Waals surface area contributed by atoms with Gasteiger partial charge in [0.05, 0.1) is 6.04 Å². The molecule has 0 saturated heterocycles. The van der Waals surface area contributed by atoms with Crippen molar-refractivity contribution in [2.75, 3.05) is 6.54 Å². The third-order valence-corrected chi connectivity index (χ3v) is 4.08. The molecule has 20 heavy (non-hydrogen) atoms. The van der Waals surface area contributed by atoms with Crippen LogP contribution in [0.2, 0.25) is 0 Å². The van der Waals surface area contributed by atoms with Crippen LogP contribution in [0.3, 0.4) is 0 Å².